The van der Waals surface area contributed by atoms with Gasteiger partial charge in [-0.05, 0) is 12.5 Å². The molecule has 0 aliphatic heterocycles. The molecule has 0 N–H and O–H groups in total. The van der Waals surface area contributed by atoms with Crippen molar-refractivity contribution in [3.63, 3.8) is 0 Å². The molecular formula is C14H16N2O2. The van der Waals surface area contributed by atoms with Crippen molar-refractivity contribution < 1.29 is 9.53 Å². The van der Waals surface area contributed by atoms with Crippen molar-refractivity contribution in [2.24, 2.45) is 0 Å². The molecule has 2 aromatic rings. The molecule has 1 aromatic heterocycles. The second-order valence-corrected chi connectivity index (χ2v) is 3.97. The standard InChI is InChI=1S/C14H16N2O2/c1-3-16-9-12(10-17)13(15-16)14(18-2)11-7-5-4-6-8-11/h4-10,14H,3H2,1-2H3. The quantitative estimate of drug-likeness (QED) is 0.759. The zero-order valence-electron chi connectivity index (χ0n) is 10.5. The van der Waals surface area contributed by atoms with Crippen LogP contribution in [0.25, 0.3) is 0 Å². The van der Waals surface area contributed by atoms with E-state index < -0.39 is 0 Å². The number of carbonyl (C=O) groups is 1. The molecule has 0 saturated carbocycles. The first-order valence-electron chi connectivity index (χ1n) is 5.90. The highest BCUT2D eigenvalue weighted by Gasteiger charge is 2.20. The Bertz CT molecular complexity index is 520. The molecule has 4 nitrogen and oxygen atoms in total. The molecule has 0 spiro atoms. The lowest BCUT2D eigenvalue weighted by atomic mass is 10.0. The molecule has 0 radical (unpaired) electrons. The van der Waals surface area contributed by atoms with Crippen molar-refractivity contribution in [1.82, 2.24) is 9.78 Å². The van der Waals surface area contributed by atoms with Gasteiger partial charge in [0.15, 0.2) is 6.29 Å². The van der Waals surface area contributed by atoms with Crippen molar-refractivity contribution in [3.05, 3.63) is 53.3 Å². The van der Waals surface area contributed by atoms with Crippen LogP contribution in [0, 0.1) is 0 Å². The summed E-state index contributed by atoms with van der Waals surface area (Å²) < 4.78 is 7.23. The van der Waals surface area contributed by atoms with E-state index in [0.29, 0.717) is 11.3 Å². The third kappa shape index (κ3) is 2.33. The van der Waals surface area contributed by atoms with Gasteiger partial charge >= 0.3 is 0 Å². The minimum absolute atomic E-state index is 0.306. The summed E-state index contributed by atoms with van der Waals surface area (Å²) in [5, 5.41) is 4.41. The van der Waals surface area contributed by atoms with Crippen LogP contribution in [0.5, 0.6) is 0 Å². The summed E-state index contributed by atoms with van der Waals surface area (Å²) in [4.78, 5) is 11.1. The lowest BCUT2D eigenvalue weighted by molar-refractivity contribution is 0.110. The summed E-state index contributed by atoms with van der Waals surface area (Å²) in [5.41, 5.74) is 2.23. The number of aldehydes is 1. The minimum Gasteiger partial charge on any atom is -0.370 e. The Labute approximate surface area is 106 Å². The van der Waals surface area contributed by atoms with Gasteiger partial charge < -0.3 is 4.74 Å². The van der Waals surface area contributed by atoms with Crippen LogP contribution < -0.4 is 0 Å². The molecule has 94 valence electrons. The van der Waals surface area contributed by atoms with Gasteiger partial charge in [0, 0.05) is 19.9 Å². The van der Waals surface area contributed by atoms with Gasteiger partial charge in [-0.1, -0.05) is 30.3 Å². The largest absolute Gasteiger partial charge is 0.370 e. The minimum atomic E-state index is -0.306. The van der Waals surface area contributed by atoms with Gasteiger partial charge in [-0.25, -0.2) is 0 Å². The Morgan fingerprint density at radius 2 is 2.11 bits per heavy atom. The Morgan fingerprint density at radius 1 is 1.39 bits per heavy atom. The molecule has 0 saturated heterocycles. The van der Waals surface area contributed by atoms with E-state index in [2.05, 4.69) is 5.10 Å². The molecule has 0 bridgehead atoms. The molecule has 18 heavy (non-hydrogen) atoms. The van der Waals surface area contributed by atoms with E-state index in [9.17, 15) is 4.79 Å². The van der Waals surface area contributed by atoms with E-state index in [-0.39, 0.29) is 6.10 Å². The molecule has 4 heteroatoms. The fraction of sp³-hybridized carbons (Fsp3) is 0.286. The maximum atomic E-state index is 11.1. The first-order chi connectivity index (χ1) is 8.80. The van der Waals surface area contributed by atoms with E-state index in [1.54, 1.807) is 18.0 Å². The van der Waals surface area contributed by atoms with Gasteiger partial charge in [0.1, 0.15) is 11.8 Å². The Hall–Kier alpha value is -1.94. The lowest BCUT2D eigenvalue weighted by Crippen LogP contribution is -2.07. The molecule has 1 atom stereocenters. The normalized spacial score (nSPS) is 12.3. The first-order valence-corrected chi connectivity index (χ1v) is 5.90. The van der Waals surface area contributed by atoms with E-state index in [4.69, 9.17) is 4.74 Å². The number of ether oxygens (including phenoxy) is 1. The van der Waals surface area contributed by atoms with Crippen molar-refractivity contribution in [3.8, 4) is 0 Å². The molecule has 2 rings (SSSR count). The number of rotatable bonds is 5. The average Bonchev–Trinajstić information content (AvgIpc) is 2.84. The summed E-state index contributed by atoms with van der Waals surface area (Å²) in [7, 11) is 1.62. The predicted molar refractivity (Wildman–Crippen MR) is 68.6 cm³/mol. The number of aryl methyl sites for hydroxylation is 1. The van der Waals surface area contributed by atoms with E-state index >= 15 is 0 Å². The third-order valence-corrected chi connectivity index (χ3v) is 2.86. The second-order valence-electron chi connectivity index (χ2n) is 3.97. The number of hydrogen-bond acceptors (Lipinski definition) is 3. The van der Waals surface area contributed by atoms with Crippen LogP contribution in [0.3, 0.4) is 0 Å². The fourth-order valence-corrected chi connectivity index (χ4v) is 1.94. The Kier molecular flexibility index (Phi) is 3.89. The van der Waals surface area contributed by atoms with Gasteiger partial charge in [-0.2, -0.15) is 5.10 Å². The van der Waals surface area contributed by atoms with Crippen LogP contribution in [0.1, 0.15) is 34.6 Å². The molecule has 0 amide bonds. The summed E-state index contributed by atoms with van der Waals surface area (Å²) in [6.45, 7) is 2.71. The second kappa shape index (κ2) is 5.60. The van der Waals surface area contributed by atoms with E-state index in [1.165, 1.54) is 0 Å². The van der Waals surface area contributed by atoms with Crippen LogP contribution in [0.2, 0.25) is 0 Å². The van der Waals surface area contributed by atoms with Crippen LogP contribution in [-0.4, -0.2) is 23.2 Å². The van der Waals surface area contributed by atoms with Crippen molar-refractivity contribution in [1.29, 1.82) is 0 Å². The Morgan fingerprint density at radius 3 is 2.67 bits per heavy atom. The first kappa shape index (κ1) is 12.5. The molecule has 1 aromatic carbocycles. The number of carbonyl (C=O) groups excluding carboxylic acids is 1. The van der Waals surface area contributed by atoms with E-state index in [1.807, 2.05) is 37.3 Å². The third-order valence-electron chi connectivity index (χ3n) is 2.86. The fourth-order valence-electron chi connectivity index (χ4n) is 1.94. The van der Waals surface area contributed by atoms with Crippen molar-refractivity contribution in [2.45, 2.75) is 19.6 Å². The number of hydrogen-bond donors (Lipinski definition) is 0. The van der Waals surface area contributed by atoms with Crippen LogP contribution in [0.4, 0.5) is 0 Å². The molecule has 0 aliphatic carbocycles. The van der Waals surface area contributed by atoms with E-state index in [0.717, 1.165) is 18.4 Å². The number of benzene rings is 1. The maximum absolute atomic E-state index is 11.1. The summed E-state index contributed by atoms with van der Waals surface area (Å²) in [6, 6.07) is 9.76. The highest BCUT2D eigenvalue weighted by Crippen LogP contribution is 2.25. The molecule has 0 fully saturated rings. The van der Waals surface area contributed by atoms with Crippen LogP contribution >= 0.6 is 0 Å². The van der Waals surface area contributed by atoms with Gasteiger partial charge in [0.25, 0.3) is 0 Å². The lowest BCUT2D eigenvalue weighted by Gasteiger charge is -2.13. The smallest absolute Gasteiger partial charge is 0.153 e. The van der Waals surface area contributed by atoms with Crippen molar-refractivity contribution >= 4 is 6.29 Å². The summed E-state index contributed by atoms with van der Waals surface area (Å²) in [6.07, 6.45) is 2.26. The zero-order chi connectivity index (χ0) is 13.0. The monoisotopic (exact) mass is 244 g/mol. The summed E-state index contributed by atoms with van der Waals surface area (Å²) in [5.74, 6) is 0. The van der Waals surface area contributed by atoms with Gasteiger partial charge in [0.05, 0.1) is 5.56 Å². The zero-order valence-corrected chi connectivity index (χ0v) is 10.5. The maximum Gasteiger partial charge on any atom is 0.153 e. The SMILES string of the molecule is CCn1cc(C=O)c(C(OC)c2ccccc2)n1. The average molecular weight is 244 g/mol. The van der Waals surface area contributed by atoms with Gasteiger partial charge in [-0.3, -0.25) is 9.48 Å². The predicted octanol–water partition coefficient (Wildman–Crippen LogP) is 2.45. The molecule has 1 unspecified atom stereocenters. The van der Waals surface area contributed by atoms with Crippen molar-refractivity contribution in [2.75, 3.05) is 7.11 Å². The number of aromatic nitrogens is 2. The number of methoxy groups -OCH3 is 1. The molecule has 1 heterocycles. The molecular weight excluding hydrogens is 228 g/mol. The van der Waals surface area contributed by atoms with Gasteiger partial charge in [0.2, 0.25) is 0 Å². The Balaban J connectivity index is 2.44. The van der Waals surface area contributed by atoms with Crippen LogP contribution in [-0.2, 0) is 11.3 Å². The highest BCUT2D eigenvalue weighted by molar-refractivity contribution is 5.76. The molecule has 0 aliphatic rings. The van der Waals surface area contributed by atoms with Gasteiger partial charge in [-0.15, -0.1) is 0 Å². The topological polar surface area (TPSA) is 44.1 Å². The number of nitrogens with zero attached hydrogens (tertiary/aromatic N) is 2. The van der Waals surface area contributed by atoms with Crippen LogP contribution in [0.15, 0.2) is 36.5 Å². The highest BCUT2D eigenvalue weighted by atomic mass is 16.5. The summed E-state index contributed by atoms with van der Waals surface area (Å²) >= 11 is 0.